The molecule has 4 atom stereocenters. The molecule has 4 nitrogen and oxygen atoms in total. The Labute approximate surface area is 174 Å². The summed E-state index contributed by atoms with van der Waals surface area (Å²) in [5.41, 5.74) is 2.39. The number of carbonyl (C=O) groups is 1. The van der Waals surface area contributed by atoms with Gasteiger partial charge in [0.05, 0.1) is 12.1 Å². The van der Waals surface area contributed by atoms with Gasteiger partial charge in [-0.25, -0.2) is 0 Å². The number of rotatable bonds is 5. The highest BCUT2D eigenvalue weighted by Gasteiger charge is 2.43. The maximum absolute atomic E-state index is 12.6. The van der Waals surface area contributed by atoms with Crippen LogP contribution in [0.25, 0.3) is 21.2 Å². The van der Waals surface area contributed by atoms with Crippen molar-refractivity contribution in [3.05, 3.63) is 59.5 Å². The monoisotopic (exact) mass is 401 g/mol. The first kappa shape index (κ1) is 18.4. The number of fused-ring (bicyclic) bond motifs is 3. The number of amides is 1. The number of nitriles is 1. The maximum atomic E-state index is 12.6. The van der Waals surface area contributed by atoms with Crippen LogP contribution in [0, 0.1) is 17.2 Å². The lowest BCUT2D eigenvalue weighted by Crippen LogP contribution is -2.50. The lowest BCUT2D eigenvalue weighted by atomic mass is 9.99. The zero-order chi connectivity index (χ0) is 19.8. The number of nitrogens with zero attached hydrogens (tertiary/aromatic N) is 1. The molecule has 4 unspecified atom stereocenters. The molecule has 29 heavy (non-hydrogen) atoms. The fourth-order valence-electron chi connectivity index (χ4n) is 4.75. The Bertz CT molecular complexity index is 1080. The molecule has 2 aliphatic rings. The summed E-state index contributed by atoms with van der Waals surface area (Å²) in [4.78, 5) is 13.8. The van der Waals surface area contributed by atoms with Crippen molar-refractivity contribution < 1.29 is 4.79 Å². The highest BCUT2D eigenvalue weighted by atomic mass is 32.1. The Morgan fingerprint density at radius 2 is 2.03 bits per heavy atom. The summed E-state index contributed by atoms with van der Waals surface area (Å²) >= 11 is 1.70. The molecule has 1 amide bonds. The molecule has 1 saturated carbocycles. The minimum absolute atomic E-state index is 0.0174. The molecule has 2 N–H and O–H groups in total. The third-order valence-corrected chi connectivity index (χ3v) is 7.33. The van der Waals surface area contributed by atoms with Gasteiger partial charge in [0, 0.05) is 22.0 Å². The SMILES string of the molecule is N#CC(Cc1cc2cc(-c3ccccc3)ccc2s1)NC(=O)C1NC2CCC1C2. The predicted molar refractivity (Wildman–Crippen MR) is 117 cm³/mol. The first-order valence-corrected chi connectivity index (χ1v) is 11.1. The summed E-state index contributed by atoms with van der Waals surface area (Å²) in [5, 5.41) is 17.2. The van der Waals surface area contributed by atoms with Crippen molar-refractivity contribution >= 4 is 27.3 Å². The normalized spacial score (nSPS) is 23.8. The van der Waals surface area contributed by atoms with Crippen LogP contribution >= 0.6 is 11.3 Å². The summed E-state index contributed by atoms with van der Waals surface area (Å²) < 4.78 is 1.21. The van der Waals surface area contributed by atoms with Gasteiger partial charge in [0.25, 0.3) is 0 Å². The average Bonchev–Trinajstić information content (AvgIpc) is 3.48. The van der Waals surface area contributed by atoms with Gasteiger partial charge in [-0.1, -0.05) is 36.4 Å². The first-order chi connectivity index (χ1) is 14.2. The third-order valence-electron chi connectivity index (χ3n) is 6.19. The summed E-state index contributed by atoms with van der Waals surface area (Å²) in [5.74, 6) is 0.413. The molecule has 0 radical (unpaired) electrons. The Balaban J connectivity index is 1.30. The van der Waals surface area contributed by atoms with Gasteiger partial charge in [0.1, 0.15) is 6.04 Å². The molecule has 5 heteroatoms. The van der Waals surface area contributed by atoms with Crippen LogP contribution in [0.5, 0.6) is 0 Å². The van der Waals surface area contributed by atoms with Crippen LogP contribution in [-0.2, 0) is 11.2 Å². The Morgan fingerprint density at radius 3 is 2.76 bits per heavy atom. The zero-order valence-corrected chi connectivity index (χ0v) is 16.9. The topological polar surface area (TPSA) is 64.9 Å². The molecule has 1 aliphatic heterocycles. The molecular formula is C24H23N3OS. The van der Waals surface area contributed by atoms with Crippen LogP contribution in [0.1, 0.15) is 24.1 Å². The second kappa shape index (κ2) is 7.62. The molecule has 2 heterocycles. The molecule has 2 fully saturated rings. The summed E-state index contributed by atoms with van der Waals surface area (Å²) in [7, 11) is 0. The molecule has 1 saturated heterocycles. The minimum atomic E-state index is -0.495. The fraction of sp³-hybridized carbons (Fsp3) is 0.333. The van der Waals surface area contributed by atoms with E-state index in [2.05, 4.69) is 53.1 Å². The quantitative estimate of drug-likeness (QED) is 0.671. The van der Waals surface area contributed by atoms with E-state index in [0.29, 0.717) is 18.4 Å². The highest BCUT2D eigenvalue weighted by molar-refractivity contribution is 7.19. The number of hydrogen-bond acceptors (Lipinski definition) is 4. The van der Waals surface area contributed by atoms with Crippen LogP contribution in [0.3, 0.4) is 0 Å². The zero-order valence-electron chi connectivity index (χ0n) is 16.1. The number of hydrogen-bond donors (Lipinski definition) is 2. The summed E-state index contributed by atoms with van der Waals surface area (Å²) in [6.45, 7) is 0. The van der Waals surface area contributed by atoms with Crippen molar-refractivity contribution in [2.24, 2.45) is 5.92 Å². The van der Waals surface area contributed by atoms with Gasteiger partial charge in [0.15, 0.2) is 0 Å². The largest absolute Gasteiger partial charge is 0.339 e. The second-order valence-electron chi connectivity index (χ2n) is 8.14. The van der Waals surface area contributed by atoms with E-state index in [1.54, 1.807) is 11.3 Å². The molecule has 5 rings (SSSR count). The van der Waals surface area contributed by atoms with E-state index in [1.807, 2.05) is 18.2 Å². The number of nitrogens with one attached hydrogen (secondary N) is 2. The number of carbonyl (C=O) groups excluding carboxylic acids is 1. The molecular weight excluding hydrogens is 378 g/mol. The van der Waals surface area contributed by atoms with Gasteiger partial charge in [-0.15, -0.1) is 11.3 Å². The molecule has 2 aromatic carbocycles. The van der Waals surface area contributed by atoms with Crippen molar-refractivity contribution in [2.75, 3.05) is 0 Å². The smallest absolute Gasteiger partial charge is 0.238 e. The summed E-state index contributed by atoms with van der Waals surface area (Å²) in [6.07, 6.45) is 3.92. The van der Waals surface area contributed by atoms with Crippen LogP contribution in [-0.4, -0.2) is 24.0 Å². The van der Waals surface area contributed by atoms with Crippen molar-refractivity contribution in [3.63, 3.8) is 0 Å². The van der Waals surface area contributed by atoms with E-state index in [1.165, 1.54) is 27.6 Å². The first-order valence-electron chi connectivity index (χ1n) is 10.2. The van der Waals surface area contributed by atoms with Crippen LogP contribution in [0.4, 0.5) is 0 Å². The van der Waals surface area contributed by atoms with E-state index in [9.17, 15) is 10.1 Å². The van der Waals surface area contributed by atoms with Crippen LogP contribution in [0.2, 0.25) is 0 Å². The molecule has 146 valence electrons. The average molecular weight is 402 g/mol. The Morgan fingerprint density at radius 1 is 1.17 bits per heavy atom. The molecule has 0 spiro atoms. The lowest BCUT2D eigenvalue weighted by molar-refractivity contribution is -0.124. The van der Waals surface area contributed by atoms with Crippen LogP contribution < -0.4 is 10.6 Å². The molecule has 3 aromatic rings. The maximum Gasteiger partial charge on any atom is 0.238 e. The molecule has 2 bridgehead atoms. The fourth-order valence-corrected chi connectivity index (χ4v) is 5.84. The summed E-state index contributed by atoms with van der Waals surface area (Å²) in [6, 6.07) is 21.1. The van der Waals surface area contributed by atoms with Crippen molar-refractivity contribution in [3.8, 4) is 17.2 Å². The van der Waals surface area contributed by atoms with Gasteiger partial charge in [-0.3, -0.25) is 4.79 Å². The number of benzene rings is 2. The van der Waals surface area contributed by atoms with Crippen molar-refractivity contribution in [1.82, 2.24) is 10.6 Å². The van der Waals surface area contributed by atoms with Gasteiger partial charge in [-0.05, 0) is 59.9 Å². The van der Waals surface area contributed by atoms with E-state index in [4.69, 9.17) is 0 Å². The second-order valence-corrected chi connectivity index (χ2v) is 9.31. The predicted octanol–water partition coefficient (Wildman–Crippen LogP) is 4.26. The molecule has 1 aliphatic carbocycles. The molecule has 1 aromatic heterocycles. The highest BCUT2D eigenvalue weighted by Crippen LogP contribution is 2.35. The van der Waals surface area contributed by atoms with Crippen molar-refractivity contribution in [1.29, 1.82) is 5.26 Å². The third kappa shape index (κ3) is 3.66. The van der Waals surface area contributed by atoms with E-state index in [0.717, 1.165) is 17.7 Å². The van der Waals surface area contributed by atoms with E-state index in [-0.39, 0.29) is 11.9 Å². The van der Waals surface area contributed by atoms with Gasteiger partial charge < -0.3 is 10.6 Å². The van der Waals surface area contributed by atoms with Crippen molar-refractivity contribution in [2.45, 2.75) is 43.8 Å². The lowest BCUT2D eigenvalue weighted by Gasteiger charge is -2.23. The van der Waals surface area contributed by atoms with Crippen LogP contribution in [0.15, 0.2) is 54.6 Å². The van der Waals surface area contributed by atoms with Gasteiger partial charge >= 0.3 is 0 Å². The number of thiophene rings is 1. The van der Waals surface area contributed by atoms with Gasteiger partial charge in [-0.2, -0.15) is 5.26 Å². The van der Waals surface area contributed by atoms with E-state index >= 15 is 0 Å². The number of piperidine rings is 1. The minimum Gasteiger partial charge on any atom is -0.339 e. The Hall–Kier alpha value is -2.68. The van der Waals surface area contributed by atoms with E-state index < -0.39 is 6.04 Å². The van der Waals surface area contributed by atoms with Gasteiger partial charge in [0.2, 0.25) is 5.91 Å². The standard InChI is InChI=1S/C24H23N3OS/c25-14-20(27-24(28)23-17-6-8-19(11-17)26-23)13-21-12-18-10-16(7-9-22(18)29-21)15-4-2-1-3-5-15/h1-5,7,9-10,12,17,19-20,23,26H,6,8,11,13H2,(H,27,28). The Kier molecular flexibility index (Phi) is 4.83.